The Bertz CT molecular complexity index is 886. The van der Waals surface area contributed by atoms with Gasteiger partial charge in [0.2, 0.25) is 5.88 Å². The topological polar surface area (TPSA) is 77.2 Å². The average molecular weight is 297 g/mol. The normalized spacial score (nSPS) is 10.8. The summed E-state index contributed by atoms with van der Waals surface area (Å²) in [6.45, 7) is 1.93. The smallest absolute Gasteiger partial charge is 0.266 e. The zero-order valence-corrected chi connectivity index (χ0v) is 12.3. The fourth-order valence-corrected chi connectivity index (χ4v) is 2.33. The number of methoxy groups -OCH3 is 1. The number of rotatable bonds is 3. The second kappa shape index (κ2) is 5.48. The first-order valence-corrected chi connectivity index (χ1v) is 6.89. The van der Waals surface area contributed by atoms with Crippen LogP contribution in [0.15, 0.2) is 41.3 Å². The van der Waals surface area contributed by atoms with Crippen molar-refractivity contribution in [2.24, 2.45) is 0 Å². The second-order valence-corrected chi connectivity index (χ2v) is 4.78. The van der Waals surface area contributed by atoms with Crippen molar-refractivity contribution in [2.75, 3.05) is 7.11 Å². The summed E-state index contributed by atoms with van der Waals surface area (Å²) < 4.78 is 6.62. The van der Waals surface area contributed by atoms with E-state index in [0.29, 0.717) is 34.7 Å². The van der Waals surface area contributed by atoms with Gasteiger partial charge in [-0.3, -0.25) is 9.36 Å². The van der Waals surface area contributed by atoms with Crippen LogP contribution in [0.25, 0.3) is 16.6 Å². The first kappa shape index (κ1) is 14.1. The number of fused-ring (bicyclic) bond motifs is 1. The molecule has 6 nitrogen and oxygen atoms in total. The van der Waals surface area contributed by atoms with E-state index in [9.17, 15) is 9.90 Å². The largest absolute Gasteiger partial charge is 0.508 e. The van der Waals surface area contributed by atoms with Crippen LogP contribution in [0.1, 0.15) is 12.7 Å². The van der Waals surface area contributed by atoms with Crippen molar-refractivity contribution in [1.29, 1.82) is 0 Å². The van der Waals surface area contributed by atoms with Crippen LogP contribution in [0.3, 0.4) is 0 Å². The van der Waals surface area contributed by atoms with Crippen LogP contribution in [0, 0.1) is 0 Å². The van der Waals surface area contributed by atoms with Crippen LogP contribution in [0.2, 0.25) is 0 Å². The lowest BCUT2D eigenvalue weighted by Gasteiger charge is -2.12. The van der Waals surface area contributed by atoms with Gasteiger partial charge in [0, 0.05) is 12.5 Å². The van der Waals surface area contributed by atoms with Gasteiger partial charge in [0.05, 0.1) is 29.9 Å². The van der Waals surface area contributed by atoms with E-state index in [1.165, 1.54) is 13.3 Å². The Balaban J connectivity index is 2.34. The van der Waals surface area contributed by atoms with E-state index in [-0.39, 0.29) is 11.3 Å². The summed E-state index contributed by atoms with van der Waals surface area (Å²) >= 11 is 0. The van der Waals surface area contributed by atoms with Gasteiger partial charge in [0.25, 0.3) is 5.56 Å². The predicted molar refractivity (Wildman–Crippen MR) is 82.7 cm³/mol. The van der Waals surface area contributed by atoms with Gasteiger partial charge >= 0.3 is 0 Å². The molecule has 0 amide bonds. The highest BCUT2D eigenvalue weighted by atomic mass is 16.5. The molecule has 0 aliphatic heterocycles. The number of hydrogen-bond donors (Lipinski definition) is 1. The Kier molecular flexibility index (Phi) is 3.50. The highest BCUT2D eigenvalue weighted by molar-refractivity contribution is 5.78. The van der Waals surface area contributed by atoms with E-state index in [0.717, 1.165) is 0 Å². The van der Waals surface area contributed by atoms with Gasteiger partial charge in [-0.05, 0) is 24.3 Å². The van der Waals surface area contributed by atoms with Crippen molar-refractivity contribution in [3.63, 3.8) is 0 Å². The van der Waals surface area contributed by atoms with E-state index in [2.05, 4.69) is 9.97 Å². The molecule has 2 heterocycles. The van der Waals surface area contributed by atoms with Crippen molar-refractivity contribution in [1.82, 2.24) is 14.5 Å². The van der Waals surface area contributed by atoms with Crippen molar-refractivity contribution in [3.05, 3.63) is 52.7 Å². The molecule has 0 spiro atoms. The Morgan fingerprint density at radius 2 is 2.00 bits per heavy atom. The van der Waals surface area contributed by atoms with Crippen molar-refractivity contribution >= 4 is 10.9 Å². The maximum Gasteiger partial charge on any atom is 0.266 e. The second-order valence-electron chi connectivity index (χ2n) is 4.78. The molecule has 0 radical (unpaired) electrons. The lowest BCUT2D eigenvalue weighted by atomic mass is 10.2. The number of phenolic OH excluding ortho intramolecular Hbond substituents is 1. The highest BCUT2D eigenvalue weighted by Crippen LogP contribution is 2.18. The standard InChI is InChI=1S/C16H15N3O3/c1-3-14-18-13-9-17-15(22-2)8-12(13)16(21)19(14)10-4-6-11(20)7-5-10/h4-9,20H,3H2,1-2H3. The number of hydrogen-bond acceptors (Lipinski definition) is 5. The summed E-state index contributed by atoms with van der Waals surface area (Å²) in [5.74, 6) is 1.15. The maximum absolute atomic E-state index is 12.8. The van der Waals surface area contributed by atoms with Crippen LogP contribution >= 0.6 is 0 Å². The van der Waals surface area contributed by atoms with E-state index in [1.54, 1.807) is 34.9 Å². The maximum atomic E-state index is 12.8. The van der Waals surface area contributed by atoms with Crippen molar-refractivity contribution in [2.45, 2.75) is 13.3 Å². The molecule has 3 aromatic rings. The molecule has 2 aromatic heterocycles. The molecule has 22 heavy (non-hydrogen) atoms. The summed E-state index contributed by atoms with van der Waals surface area (Å²) in [6, 6.07) is 8.03. The van der Waals surface area contributed by atoms with Gasteiger partial charge in [-0.2, -0.15) is 0 Å². The van der Waals surface area contributed by atoms with Gasteiger partial charge in [-0.15, -0.1) is 0 Å². The monoisotopic (exact) mass is 297 g/mol. The lowest BCUT2D eigenvalue weighted by Crippen LogP contribution is -2.23. The fourth-order valence-electron chi connectivity index (χ4n) is 2.33. The van der Waals surface area contributed by atoms with Crippen LogP contribution in [-0.2, 0) is 6.42 Å². The molecule has 0 unspecified atom stereocenters. The number of nitrogens with zero attached hydrogens (tertiary/aromatic N) is 3. The Morgan fingerprint density at radius 3 is 2.64 bits per heavy atom. The van der Waals surface area contributed by atoms with Crippen LogP contribution in [-0.4, -0.2) is 26.8 Å². The van der Waals surface area contributed by atoms with Gasteiger partial charge < -0.3 is 9.84 Å². The third-order valence-corrected chi connectivity index (χ3v) is 3.43. The fraction of sp³-hybridized carbons (Fsp3) is 0.188. The van der Waals surface area contributed by atoms with Gasteiger partial charge in [-0.25, -0.2) is 9.97 Å². The Hall–Kier alpha value is -2.89. The molecule has 0 saturated heterocycles. The number of aromatic nitrogens is 3. The minimum atomic E-state index is -0.187. The molecule has 6 heteroatoms. The van der Waals surface area contributed by atoms with Gasteiger partial charge in [0.15, 0.2) is 0 Å². The SMILES string of the molecule is CCc1nc2cnc(OC)cc2c(=O)n1-c1ccc(O)cc1. The number of ether oxygens (including phenoxy) is 1. The molecule has 0 saturated carbocycles. The molecular weight excluding hydrogens is 282 g/mol. The third kappa shape index (κ3) is 2.28. The average Bonchev–Trinajstić information content (AvgIpc) is 2.55. The van der Waals surface area contributed by atoms with Crippen LogP contribution in [0.5, 0.6) is 11.6 Å². The molecule has 3 rings (SSSR count). The molecule has 1 N–H and O–H groups in total. The molecule has 112 valence electrons. The first-order valence-electron chi connectivity index (χ1n) is 6.89. The van der Waals surface area contributed by atoms with Gasteiger partial charge in [0.1, 0.15) is 11.6 Å². The lowest BCUT2D eigenvalue weighted by molar-refractivity contribution is 0.398. The molecule has 0 aliphatic rings. The number of aromatic hydroxyl groups is 1. The van der Waals surface area contributed by atoms with Crippen LogP contribution in [0.4, 0.5) is 0 Å². The third-order valence-electron chi connectivity index (χ3n) is 3.43. The minimum absolute atomic E-state index is 0.148. The molecular formula is C16H15N3O3. The van der Waals surface area contributed by atoms with Crippen molar-refractivity contribution in [3.8, 4) is 17.3 Å². The molecule has 0 atom stereocenters. The summed E-state index contributed by atoms with van der Waals surface area (Å²) in [7, 11) is 1.50. The van der Waals surface area contributed by atoms with Crippen molar-refractivity contribution < 1.29 is 9.84 Å². The summed E-state index contributed by atoms with van der Waals surface area (Å²) in [6.07, 6.45) is 2.13. The van der Waals surface area contributed by atoms with Crippen LogP contribution < -0.4 is 10.3 Å². The Labute approximate surface area is 126 Å². The minimum Gasteiger partial charge on any atom is -0.508 e. The predicted octanol–water partition coefficient (Wildman–Crippen LogP) is 2.06. The Morgan fingerprint density at radius 1 is 1.27 bits per heavy atom. The molecule has 0 bridgehead atoms. The number of benzene rings is 1. The zero-order chi connectivity index (χ0) is 15.7. The number of pyridine rings is 1. The summed E-state index contributed by atoms with van der Waals surface area (Å²) in [4.78, 5) is 21.4. The number of aryl methyl sites for hydroxylation is 1. The summed E-state index contributed by atoms with van der Waals surface area (Å²) in [5.41, 5.74) is 1.01. The van der Waals surface area contributed by atoms with E-state index in [1.807, 2.05) is 6.92 Å². The molecule has 0 aliphatic carbocycles. The highest BCUT2D eigenvalue weighted by Gasteiger charge is 2.13. The van der Waals surface area contributed by atoms with Gasteiger partial charge in [-0.1, -0.05) is 6.92 Å². The zero-order valence-electron chi connectivity index (χ0n) is 12.3. The summed E-state index contributed by atoms with van der Waals surface area (Å²) in [5, 5.41) is 9.85. The first-order chi connectivity index (χ1) is 10.6. The van der Waals surface area contributed by atoms with E-state index in [4.69, 9.17) is 4.74 Å². The quantitative estimate of drug-likeness (QED) is 0.800. The van der Waals surface area contributed by atoms with E-state index < -0.39 is 0 Å². The van der Waals surface area contributed by atoms with E-state index >= 15 is 0 Å². The molecule has 1 aromatic carbocycles. The molecule has 0 fully saturated rings. The number of phenols is 1.